The van der Waals surface area contributed by atoms with Gasteiger partial charge < -0.3 is 15.6 Å². The minimum Gasteiger partial charge on any atom is -0.488 e. The standard InChI is InChI=1S/C17H15NO3/c18-17(20)15-9-3-4-10-16(15)21-12-14-7-2-1-6-13(14)8-5-11-19/h1-4,6-7,9-10,19H,11-12H2,(H2,18,20). The number of carbonyl (C=O) groups excluding carboxylic acids is 1. The molecule has 0 radical (unpaired) electrons. The van der Waals surface area contributed by atoms with Crippen molar-refractivity contribution in [2.75, 3.05) is 6.61 Å². The molecule has 0 aliphatic carbocycles. The number of aliphatic hydroxyl groups excluding tert-OH is 1. The van der Waals surface area contributed by atoms with Gasteiger partial charge in [0.25, 0.3) is 5.91 Å². The van der Waals surface area contributed by atoms with Gasteiger partial charge in [-0.25, -0.2) is 0 Å². The van der Waals surface area contributed by atoms with E-state index in [-0.39, 0.29) is 13.2 Å². The highest BCUT2D eigenvalue weighted by Gasteiger charge is 2.09. The topological polar surface area (TPSA) is 72.6 Å². The number of para-hydroxylation sites is 1. The summed E-state index contributed by atoms with van der Waals surface area (Å²) in [5.41, 5.74) is 7.31. The zero-order valence-electron chi connectivity index (χ0n) is 11.4. The zero-order valence-corrected chi connectivity index (χ0v) is 11.4. The summed E-state index contributed by atoms with van der Waals surface area (Å²) in [6.45, 7) is 0.0697. The van der Waals surface area contributed by atoms with Crippen LogP contribution < -0.4 is 10.5 Å². The van der Waals surface area contributed by atoms with E-state index < -0.39 is 5.91 Å². The number of benzene rings is 2. The highest BCUT2D eigenvalue weighted by Crippen LogP contribution is 2.19. The molecule has 4 nitrogen and oxygen atoms in total. The number of carbonyl (C=O) groups is 1. The van der Waals surface area contributed by atoms with E-state index >= 15 is 0 Å². The monoisotopic (exact) mass is 281 g/mol. The maximum atomic E-state index is 11.3. The Kier molecular flexibility index (Phi) is 4.97. The lowest BCUT2D eigenvalue weighted by Crippen LogP contribution is -2.13. The van der Waals surface area contributed by atoms with Gasteiger partial charge in [-0.1, -0.05) is 42.2 Å². The fourth-order valence-corrected chi connectivity index (χ4v) is 1.85. The van der Waals surface area contributed by atoms with Gasteiger partial charge in [0.05, 0.1) is 5.56 Å². The summed E-state index contributed by atoms with van der Waals surface area (Å²) in [5.74, 6) is 5.38. The van der Waals surface area contributed by atoms with Crippen LogP contribution in [-0.4, -0.2) is 17.6 Å². The maximum absolute atomic E-state index is 11.3. The van der Waals surface area contributed by atoms with Crippen molar-refractivity contribution in [1.29, 1.82) is 0 Å². The molecule has 4 heteroatoms. The quantitative estimate of drug-likeness (QED) is 0.838. The Labute approximate surface area is 123 Å². The number of ether oxygens (including phenoxy) is 1. The van der Waals surface area contributed by atoms with Crippen LogP contribution in [0.5, 0.6) is 5.75 Å². The van der Waals surface area contributed by atoms with Crippen molar-refractivity contribution < 1.29 is 14.6 Å². The third-order valence-corrected chi connectivity index (χ3v) is 2.86. The van der Waals surface area contributed by atoms with Crippen LogP contribution in [-0.2, 0) is 6.61 Å². The van der Waals surface area contributed by atoms with Crippen LogP contribution in [0.4, 0.5) is 0 Å². The van der Waals surface area contributed by atoms with Gasteiger partial charge in [0.1, 0.15) is 19.0 Å². The van der Waals surface area contributed by atoms with Crippen molar-refractivity contribution in [1.82, 2.24) is 0 Å². The van der Waals surface area contributed by atoms with Crippen molar-refractivity contribution in [3.63, 3.8) is 0 Å². The predicted octanol–water partition coefficient (Wildman–Crippen LogP) is 1.71. The molecule has 3 N–H and O–H groups in total. The Hall–Kier alpha value is -2.77. The van der Waals surface area contributed by atoms with E-state index in [1.165, 1.54) is 0 Å². The van der Waals surface area contributed by atoms with Gasteiger partial charge in [0, 0.05) is 11.1 Å². The van der Waals surface area contributed by atoms with Crippen LogP contribution in [0.1, 0.15) is 21.5 Å². The molecule has 0 spiro atoms. The van der Waals surface area contributed by atoms with Gasteiger partial charge in [-0.15, -0.1) is 0 Å². The number of nitrogens with two attached hydrogens (primary N) is 1. The minimum absolute atomic E-state index is 0.195. The number of aliphatic hydroxyl groups is 1. The lowest BCUT2D eigenvalue weighted by molar-refractivity contribution is 0.0996. The van der Waals surface area contributed by atoms with Crippen molar-refractivity contribution in [2.24, 2.45) is 5.73 Å². The van der Waals surface area contributed by atoms with Gasteiger partial charge >= 0.3 is 0 Å². The second kappa shape index (κ2) is 7.13. The molecule has 2 aromatic rings. The second-order valence-electron chi connectivity index (χ2n) is 4.27. The summed E-state index contributed by atoms with van der Waals surface area (Å²) < 4.78 is 5.67. The van der Waals surface area contributed by atoms with Crippen molar-refractivity contribution in [3.05, 3.63) is 65.2 Å². The summed E-state index contributed by atoms with van der Waals surface area (Å²) in [7, 11) is 0. The Bertz CT molecular complexity index is 698. The molecule has 0 aliphatic heterocycles. The molecule has 2 rings (SSSR count). The Morgan fingerprint density at radius 2 is 1.86 bits per heavy atom. The van der Waals surface area contributed by atoms with Crippen molar-refractivity contribution >= 4 is 5.91 Å². The molecule has 106 valence electrons. The summed E-state index contributed by atoms with van der Waals surface area (Å²) in [6, 6.07) is 14.3. The average molecular weight is 281 g/mol. The van der Waals surface area contributed by atoms with E-state index in [1.54, 1.807) is 24.3 Å². The van der Waals surface area contributed by atoms with Crippen LogP contribution in [0, 0.1) is 11.8 Å². The molecule has 1 amide bonds. The number of hydrogen-bond acceptors (Lipinski definition) is 3. The number of primary amides is 1. The SMILES string of the molecule is NC(=O)c1ccccc1OCc1ccccc1C#CCO. The highest BCUT2D eigenvalue weighted by atomic mass is 16.5. The van der Waals surface area contributed by atoms with Crippen LogP contribution in [0.25, 0.3) is 0 Å². The van der Waals surface area contributed by atoms with Gasteiger partial charge in [-0.3, -0.25) is 4.79 Å². The van der Waals surface area contributed by atoms with E-state index in [9.17, 15) is 4.79 Å². The molecule has 2 aromatic carbocycles. The van der Waals surface area contributed by atoms with E-state index in [4.69, 9.17) is 15.6 Å². The van der Waals surface area contributed by atoms with Gasteiger partial charge in [0.2, 0.25) is 0 Å². The minimum atomic E-state index is -0.529. The summed E-state index contributed by atoms with van der Waals surface area (Å²) in [6.07, 6.45) is 0. The van der Waals surface area contributed by atoms with Gasteiger partial charge in [0.15, 0.2) is 0 Å². The summed E-state index contributed by atoms with van der Waals surface area (Å²) in [5, 5.41) is 8.77. The van der Waals surface area contributed by atoms with Crippen LogP contribution in [0.3, 0.4) is 0 Å². The Morgan fingerprint density at radius 1 is 1.14 bits per heavy atom. The molecule has 0 fully saturated rings. The average Bonchev–Trinajstić information content (AvgIpc) is 2.52. The van der Waals surface area contributed by atoms with Gasteiger partial charge in [-0.05, 0) is 18.2 Å². The fourth-order valence-electron chi connectivity index (χ4n) is 1.85. The molecule has 0 saturated carbocycles. The lowest BCUT2D eigenvalue weighted by Gasteiger charge is -2.10. The first-order valence-electron chi connectivity index (χ1n) is 6.41. The summed E-state index contributed by atoms with van der Waals surface area (Å²) >= 11 is 0. The van der Waals surface area contributed by atoms with Crippen molar-refractivity contribution in [2.45, 2.75) is 6.61 Å². The second-order valence-corrected chi connectivity index (χ2v) is 4.27. The lowest BCUT2D eigenvalue weighted by atomic mass is 10.1. The first kappa shape index (κ1) is 14.6. The van der Waals surface area contributed by atoms with Crippen LogP contribution >= 0.6 is 0 Å². The molecule has 0 bridgehead atoms. The normalized spacial score (nSPS) is 9.57. The third-order valence-electron chi connectivity index (χ3n) is 2.86. The molecule has 0 aliphatic rings. The molecular formula is C17H15NO3. The van der Waals surface area contributed by atoms with Crippen molar-refractivity contribution in [3.8, 4) is 17.6 Å². The highest BCUT2D eigenvalue weighted by molar-refractivity contribution is 5.95. The van der Waals surface area contributed by atoms with E-state index in [0.29, 0.717) is 11.3 Å². The van der Waals surface area contributed by atoms with Crippen LogP contribution in [0.2, 0.25) is 0 Å². The molecular weight excluding hydrogens is 266 g/mol. The first-order valence-corrected chi connectivity index (χ1v) is 6.41. The van der Waals surface area contributed by atoms with Gasteiger partial charge in [-0.2, -0.15) is 0 Å². The molecule has 0 atom stereocenters. The molecule has 0 aromatic heterocycles. The van der Waals surface area contributed by atoms with E-state index in [1.807, 2.05) is 24.3 Å². The third kappa shape index (κ3) is 3.85. The molecule has 0 heterocycles. The summed E-state index contributed by atoms with van der Waals surface area (Å²) in [4.78, 5) is 11.3. The number of amides is 1. The van der Waals surface area contributed by atoms with E-state index in [2.05, 4.69) is 11.8 Å². The molecule has 0 unspecified atom stereocenters. The Balaban J connectivity index is 2.19. The van der Waals surface area contributed by atoms with E-state index in [0.717, 1.165) is 11.1 Å². The maximum Gasteiger partial charge on any atom is 0.252 e. The number of hydrogen-bond donors (Lipinski definition) is 2. The van der Waals surface area contributed by atoms with Crippen LogP contribution in [0.15, 0.2) is 48.5 Å². The molecule has 21 heavy (non-hydrogen) atoms. The predicted molar refractivity (Wildman–Crippen MR) is 79.7 cm³/mol. The smallest absolute Gasteiger partial charge is 0.252 e. The number of rotatable bonds is 4. The first-order chi connectivity index (χ1) is 10.2. The molecule has 0 saturated heterocycles. The zero-order chi connectivity index (χ0) is 15.1. The fraction of sp³-hybridized carbons (Fsp3) is 0.118. The Morgan fingerprint density at radius 3 is 2.62 bits per heavy atom. The largest absolute Gasteiger partial charge is 0.488 e.